The number of aromatic nitrogens is 3. The van der Waals surface area contributed by atoms with Crippen molar-refractivity contribution >= 4 is 11.6 Å². The Kier molecular flexibility index (Phi) is 3.17. The number of hydrogen-bond donors (Lipinski definition) is 1. The first kappa shape index (κ1) is 12.7. The van der Waals surface area contributed by atoms with Crippen LogP contribution in [-0.2, 0) is 11.3 Å². The van der Waals surface area contributed by atoms with Gasteiger partial charge in [-0.1, -0.05) is 5.16 Å². The highest BCUT2D eigenvalue weighted by atomic mass is 16.5. The van der Waals surface area contributed by atoms with Gasteiger partial charge in [0.2, 0.25) is 5.91 Å². The van der Waals surface area contributed by atoms with Gasteiger partial charge >= 0.3 is 0 Å². The molecule has 2 N–H and O–H groups in total. The van der Waals surface area contributed by atoms with E-state index in [4.69, 9.17) is 10.3 Å². The number of carbonyl (C=O) groups excluding carboxylic acids is 1. The standard InChI is InChI=1S/C13H17N5O2/c1-9-5-12(20-16-9)11-3-2-4-18(11)13(19)8-17-7-10(14)6-15-17/h5-7,11H,2-4,8,14H2,1H3. The average Bonchev–Trinajstić information content (AvgIpc) is 3.09. The number of amides is 1. The number of hydrogen-bond acceptors (Lipinski definition) is 5. The van der Waals surface area contributed by atoms with E-state index >= 15 is 0 Å². The van der Waals surface area contributed by atoms with Crippen molar-refractivity contribution in [1.29, 1.82) is 0 Å². The summed E-state index contributed by atoms with van der Waals surface area (Å²) >= 11 is 0. The van der Waals surface area contributed by atoms with E-state index in [1.165, 1.54) is 6.20 Å². The van der Waals surface area contributed by atoms with E-state index in [1.807, 2.05) is 17.9 Å². The zero-order valence-electron chi connectivity index (χ0n) is 11.3. The van der Waals surface area contributed by atoms with Crippen molar-refractivity contribution in [3.63, 3.8) is 0 Å². The van der Waals surface area contributed by atoms with E-state index in [0.29, 0.717) is 5.69 Å². The first-order chi connectivity index (χ1) is 9.63. The Hall–Kier alpha value is -2.31. The summed E-state index contributed by atoms with van der Waals surface area (Å²) in [5.74, 6) is 0.776. The third-order valence-corrected chi connectivity index (χ3v) is 3.50. The van der Waals surface area contributed by atoms with Crippen LogP contribution in [0.25, 0.3) is 0 Å². The summed E-state index contributed by atoms with van der Waals surface area (Å²) in [5, 5.41) is 7.93. The molecule has 1 aliphatic rings. The molecule has 7 nitrogen and oxygen atoms in total. The van der Waals surface area contributed by atoms with E-state index in [2.05, 4.69) is 10.3 Å². The molecular weight excluding hydrogens is 258 g/mol. The third-order valence-electron chi connectivity index (χ3n) is 3.50. The monoisotopic (exact) mass is 275 g/mol. The van der Waals surface area contributed by atoms with E-state index in [1.54, 1.807) is 10.9 Å². The van der Waals surface area contributed by atoms with Crippen LogP contribution < -0.4 is 5.73 Å². The van der Waals surface area contributed by atoms with Crippen LogP contribution in [0.1, 0.15) is 30.3 Å². The molecule has 0 spiro atoms. The molecule has 0 aliphatic carbocycles. The molecule has 2 aromatic rings. The van der Waals surface area contributed by atoms with Gasteiger partial charge in [0, 0.05) is 18.8 Å². The lowest BCUT2D eigenvalue weighted by Crippen LogP contribution is -2.33. The number of likely N-dealkylation sites (tertiary alicyclic amines) is 1. The normalized spacial score (nSPS) is 18.6. The first-order valence-electron chi connectivity index (χ1n) is 6.64. The van der Waals surface area contributed by atoms with Crippen LogP contribution in [0, 0.1) is 6.92 Å². The summed E-state index contributed by atoms with van der Waals surface area (Å²) in [6.07, 6.45) is 5.06. The highest BCUT2D eigenvalue weighted by Gasteiger charge is 2.32. The minimum absolute atomic E-state index is 0.0170. The van der Waals surface area contributed by atoms with Gasteiger partial charge < -0.3 is 15.2 Å². The fraction of sp³-hybridized carbons (Fsp3) is 0.462. The van der Waals surface area contributed by atoms with Crippen LogP contribution in [0.2, 0.25) is 0 Å². The number of aryl methyl sites for hydroxylation is 1. The quantitative estimate of drug-likeness (QED) is 0.906. The Labute approximate surface area is 116 Å². The van der Waals surface area contributed by atoms with E-state index in [-0.39, 0.29) is 18.5 Å². The molecule has 106 valence electrons. The summed E-state index contributed by atoms with van der Waals surface area (Å²) in [4.78, 5) is 14.2. The lowest BCUT2D eigenvalue weighted by Gasteiger charge is -2.22. The van der Waals surface area contributed by atoms with Crippen LogP contribution in [0.15, 0.2) is 23.0 Å². The molecule has 0 bridgehead atoms. The maximum absolute atomic E-state index is 12.4. The van der Waals surface area contributed by atoms with Crippen molar-refractivity contribution in [3.05, 3.63) is 29.9 Å². The first-order valence-corrected chi connectivity index (χ1v) is 6.64. The molecule has 0 radical (unpaired) electrons. The molecule has 3 heterocycles. The number of anilines is 1. The smallest absolute Gasteiger partial charge is 0.244 e. The number of nitrogens with two attached hydrogens (primary N) is 1. The second-order valence-electron chi connectivity index (χ2n) is 5.09. The molecule has 1 saturated heterocycles. The zero-order valence-corrected chi connectivity index (χ0v) is 11.3. The Bertz CT molecular complexity index is 618. The van der Waals surface area contributed by atoms with Gasteiger partial charge in [-0.3, -0.25) is 9.48 Å². The second-order valence-corrected chi connectivity index (χ2v) is 5.09. The summed E-state index contributed by atoms with van der Waals surface area (Å²) in [6.45, 7) is 2.81. The van der Waals surface area contributed by atoms with Crippen LogP contribution in [0.3, 0.4) is 0 Å². The van der Waals surface area contributed by atoms with Gasteiger partial charge in [-0.05, 0) is 19.8 Å². The fourth-order valence-electron chi connectivity index (χ4n) is 2.60. The van der Waals surface area contributed by atoms with E-state index < -0.39 is 0 Å². The predicted molar refractivity (Wildman–Crippen MR) is 71.6 cm³/mol. The Balaban J connectivity index is 1.73. The van der Waals surface area contributed by atoms with Crippen LogP contribution in [0.5, 0.6) is 0 Å². The van der Waals surface area contributed by atoms with Gasteiger partial charge in [0.05, 0.1) is 23.6 Å². The van der Waals surface area contributed by atoms with E-state index in [0.717, 1.165) is 30.8 Å². The molecule has 1 amide bonds. The van der Waals surface area contributed by atoms with Gasteiger partial charge in [-0.2, -0.15) is 5.10 Å². The van der Waals surface area contributed by atoms with Crippen LogP contribution in [-0.4, -0.2) is 32.3 Å². The molecule has 0 saturated carbocycles. The van der Waals surface area contributed by atoms with Crippen molar-refractivity contribution in [2.45, 2.75) is 32.4 Å². The van der Waals surface area contributed by atoms with E-state index in [9.17, 15) is 4.79 Å². The summed E-state index contributed by atoms with van der Waals surface area (Å²) in [5.41, 5.74) is 6.99. The minimum Gasteiger partial charge on any atom is -0.396 e. The van der Waals surface area contributed by atoms with Crippen molar-refractivity contribution in [2.75, 3.05) is 12.3 Å². The van der Waals surface area contributed by atoms with Crippen molar-refractivity contribution in [2.24, 2.45) is 0 Å². The Morgan fingerprint density at radius 3 is 3.10 bits per heavy atom. The van der Waals surface area contributed by atoms with Gasteiger partial charge in [0.25, 0.3) is 0 Å². The number of rotatable bonds is 3. The zero-order chi connectivity index (χ0) is 14.1. The summed E-state index contributed by atoms with van der Waals surface area (Å²) < 4.78 is 6.85. The second kappa shape index (κ2) is 4.99. The molecule has 7 heteroatoms. The van der Waals surface area contributed by atoms with Gasteiger partial charge in [-0.15, -0.1) is 0 Å². The van der Waals surface area contributed by atoms with Crippen molar-refractivity contribution in [1.82, 2.24) is 19.8 Å². The topological polar surface area (TPSA) is 90.2 Å². The number of nitrogen functional groups attached to an aromatic ring is 1. The molecular formula is C13H17N5O2. The molecule has 1 unspecified atom stereocenters. The Morgan fingerprint density at radius 2 is 2.45 bits per heavy atom. The van der Waals surface area contributed by atoms with Crippen LogP contribution in [0.4, 0.5) is 5.69 Å². The number of carbonyl (C=O) groups is 1. The Morgan fingerprint density at radius 1 is 1.60 bits per heavy atom. The highest BCUT2D eigenvalue weighted by Crippen LogP contribution is 2.32. The van der Waals surface area contributed by atoms with Gasteiger partial charge in [0.1, 0.15) is 6.54 Å². The summed E-state index contributed by atoms with van der Waals surface area (Å²) in [7, 11) is 0. The average molecular weight is 275 g/mol. The number of nitrogens with zero attached hydrogens (tertiary/aromatic N) is 4. The van der Waals surface area contributed by atoms with Crippen molar-refractivity contribution in [3.8, 4) is 0 Å². The van der Waals surface area contributed by atoms with Gasteiger partial charge in [0.15, 0.2) is 5.76 Å². The fourth-order valence-corrected chi connectivity index (χ4v) is 2.60. The molecule has 1 fully saturated rings. The highest BCUT2D eigenvalue weighted by molar-refractivity contribution is 5.76. The van der Waals surface area contributed by atoms with Crippen LogP contribution >= 0.6 is 0 Å². The molecule has 1 aliphatic heterocycles. The van der Waals surface area contributed by atoms with Gasteiger partial charge in [-0.25, -0.2) is 0 Å². The molecule has 1 atom stereocenters. The third kappa shape index (κ3) is 2.38. The maximum atomic E-state index is 12.4. The molecule has 20 heavy (non-hydrogen) atoms. The van der Waals surface area contributed by atoms with Crippen molar-refractivity contribution < 1.29 is 9.32 Å². The minimum atomic E-state index is -0.0170. The molecule has 3 rings (SSSR count). The SMILES string of the molecule is Cc1cc(C2CCCN2C(=O)Cn2cc(N)cn2)on1. The molecule has 2 aromatic heterocycles. The molecule has 0 aromatic carbocycles. The predicted octanol–water partition coefficient (Wildman–Crippen LogP) is 1.13. The summed E-state index contributed by atoms with van der Waals surface area (Å²) in [6, 6.07) is 1.87. The lowest BCUT2D eigenvalue weighted by molar-refractivity contribution is -0.133. The maximum Gasteiger partial charge on any atom is 0.244 e. The lowest BCUT2D eigenvalue weighted by atomic mass is 10.1. The largest absolute Gasteiger partial charge is 0.396 e.